The molecular formula is C12H22N4. The van der Waals surface area contributed by atoms with Gasteiger partial charge < -0.3 is 10.6 Å². The van der Waals surface area contributed by atoms with Crippen LogP contribution in [0.5, 0.6) is 0 Å². The number of hydrogen-bond donors (Lipinski definition) is 1. The standard InChI is InChI=1S/C12H22N4/c1-4-6-16(7-5-13)12-8-11(10(2)3)14-9-15-12/h8-10H,4-7,13H2,1-3H3. The van der Waals surface area contributed by atoms with Gasteiger partial charge in [0.1, 0.15) is 12.1 Å². The molecule has 0 aromatic carbocycles. The van der Waals surface area contributed by atoms with Crippen molar-refractivity contribution < 1.29 is 0 Å². The van der Waals surface area contributed by atoms with Crippen molar-refractivity contribution >= 4 is 5.82 Å². The fourth-order valence-electron chi connectivity index (χ4n) is 1.62. The van der Waals surface area contributed by atoms with Gasteiger partial charge in [0.15, 0.2) is 0 Å². The van der Waals surface area contributed by atoms with E-state index in [0.717, 1.165) is 31.0 Å². The van der Waals surface area contributed by atoms with Crippen LogP contribution in [0, 0.1) is 0 Å². The molecule has 0 saturated heterocycles. The molecular weight excluding hydrogens is 200 g/mol. The monoisotopic (exact) mass is 222 g/mol. The van der Waals surface area contributed by atoms with Crippen LogP contribution in [0.15, 0.2) is 12.4 Å². The lowest BCUT2D eigenvalue weighted by Gasteiger charge is -2.22. The van der Waals surface area contributed by atoms with Crippen molar-refractivity contribution in [3.63, 3.8) is 0 Å². The molecule has 0 saturated carbocycles. The predicted octanol–water partition coefficient (Wildman–Crippen LogP) is 1.78. The molecule has 0 aliphatic heterocycles. The van der Waals surface area contributed by atoms with Crippen molar-refractivity contribution in [3.05, 3.63) is 18.1 Å². The van der Waals surface area contributed by atoms with E-state index in [1.165, 1.54) is 0 Å². The van der Waals surface area contributed by atoms with Crippen LogP contribution in [0.1, 0.15) is 38.8 Å². The van der Waals surface area contributed by atoms with Gasteiger partial charge in [-0.15, -0.1) is 0 Å². The molecule has 0 amide bonds. The van der Waals surface area contributed by atoms with Crippen molar-refractivity contribution in [1.29, 1.82) is 0 Å². The molecule has 0 radical (unpaired) electrons. The summed E-state index contributed by atoms with van der Waals surface area (Å²) in [7, 11) is 0. The molecule has 1 rings (SSSR count). The average molecular weight is 222 g/mol. The molecule has 0 fully saturated rings. The van der Waals surface area contributed by atoms with Gasteiger partial charge in [-0.2, -0.15) is 0 Å². The summed E-state index contributed by atoms with van der Waals surface area (Å²) in [5, 5.41) is 0. The maximum atomic E-state index is 5.61. The largest absolute Gasteiger partial charge is 0.355 e. The van der Waals surface area contributed by atoms with Crippen LogP contribution in [-0.4, -0.2) is 29.6 Å². The molecule has 0 unspecified atom stereocenters. The maximum Gasteiger partial charge on any atom is 0.132 e. The zero-order chi connectivity index (χ0) is 12.0. The van der Waals surface area contributed by atoms with E-state index in [1.807, 2.05) is 0 Å². The topological polar surface area (TPSA) is 55.0 Å². The van der Waals surface area contributed by atoms with E-state index in [1.54, 1.807) is 6.33 Å². The van der Waals surface area contributed by atoms with Crippen LogP contribution in [-0.2, 0) is 0 Å². The van der Waals surface area contributed by atoms with Crippen LogP contribution in [0.25, 0.3) is 0 Å². The third-order valence-electron chi connectivity index (χ3n) is 2.48. The number of anilines is 1. The van der Waals surface area contributed by atoms with E-state index in [0.29, 0.717) is 12.5 Å². The van der Waals surface area contributed by atoms with Crippen molar-refractivity contribution in [3.8, 4) is 0 Å². The normalized spacial score (nSPS) is 10.8. The van der Waals surface area contributed by atoms with Gasteiger partial charge in [0.2, 0.25) is 0 Å². The first-order valence-corrected chi connectivity index (χ1v) is 5.96. The van der Waals surface area contributed by atoms with E-state index in [2.05, 4.69) is 41.7 Å². The van der Waals surface area contributed by atoms with Crippen molar-refractivity contribution in [2.24, 2.45) is 5.73 Å². The summed E-state index contributed by atoms with van der Waals surface area (Å²) in [6, 6.07) is 2.07. The minimum Gasteiger partial charge on any atom is -0.355 e. The first kappa shape index (κ1) is 12.9. The Morgan fingerprint density at radius 1 is 1.31 bits per heavy atom. The van der Waals surface area contributed by atoms with Crippen LogP contribution >= 0.6 is 0 Å². The molecule has 2 N–H and O–H groups in total. The lowest BCUT2D eigenvalue weighted by molar-refractivity contribution is 0.740. The Hall–Kier alpha value is -1.16. The van der Waals surface area contributed by atoms with Crippen LogP contribution in [0.3, 0.4) is 0 Å². The predicted molar refractivity (Wildman–Crippen MR) is 67.7 cm³/mol. The Morgan fingerprint density at radius 3 is 2.62 bits per heavy atom. The summed E-state index contributed by atoms with van der Waals surface area (Å²) in [6.45, 7) is 8.93. The van der Waals surface area contributed by atoms with E-state index < -0.39 is 0 Å². The molecule has 1 heterocycles. The van der Waals surface area contributed by atoms with Gasteiger partial charge >= 0.3 is 0 Å². The third kappa shape index (κ3) is 3.45. The highest BCUT2D eigenvalue weighted by molar-refractivity contribution is 5.39. The fourth-order valence-corrected chi connectivity index (χ4v) is 1.62. The van der Waals surface area contributed by atoms with Crippen molar-refractivity contribution in [2.75, 3.05) is 24.5 Å². The summed E-state index contributed by atoms with van der Waals surface area (Å²) in [5.74, 6) is 1.43. The zero-order valence-electron chi connectivity index (χ0n) is 10.5. The van der Waals surface area contributed by atoms with Crippen LogP contribution in [0.4, 0.5) is 5.82 Å². The number of nitrogens with two attached hydrogens (primary N) is 1. The lowest BCUT2D eigenvalue weighted by atomic mass is 10.1. The Bertz CT molecular complexity index is 306. The van der Waals surface area contributed by atoms with Crippen LogP contribution < -0.4 is 10.6 Å². The molecule has 16 heavy (non-hydrogen) atoms. The third-order valence-corrected chi connectivity index (χ3v) is 2.48. The van der Waals surface area contributed by atoms with Gasteiger partial charge in [0, 0.05) is 31.4 Å². The Balaban J connectivity index is 2.86. The number of aromatic nitrogens is 2. The molecule has 0 aliphatic carbocycles. The molecule has 4 nitrogen and oxygen atoms in total. The van der Waals surface area contributed by atoms with Gasteiger partial charge in [0.05, 0.1) is 0 Å². The summed E-state index contributed by atoms with van der Waals surface area (Å²) >= 11 is 0. The lowest BCUT2D eigenvalue weighted by Crippen LogP contribution is -2.31. The Kier molecular flexibility index (Phi) is 5.19. The summed E-state index contributed by atoms with van der Waals surface area (Å²) < 4.78 is 0. The summed E-state index contributed by atoms with van der Waals surface area (Å²) in [4.78, 5) is 10.8. The molecule has 90 valence electrons. The van der Waals surface area contributed by atoms with Crippen LogP contribution in [0.2, 0.25) is 0 Å². The molecule has 1 aromatic heterocycles. The number of rotatable bonds is 6. The van der Waals surface area contributed by atoms with Gasteiger partial charge in [0.25, 0.3) is 0 Å². The highest BCUT2D eigenvalue weighted by Crippen LogP contribution is 2.16. The van der Waals surface area contributed by atoms with E-state index in [4.69, 9.17) is 5.73 Å². The van der Waals surface area contributed by atoms with Gasteiger partial charge in [-0.3, -0.25) is 0 Å². The second kappa shape index (κ2) is 6.43. The SMILES string of the molecule is CCCN(CCN)c1cc(C(C)C)ncn1. The molecule has 0 aliphatic rings. The smallest absolute Gasteiger partial charge is 0.132 e. The highest BCUT2D eigenvalue weighted by Gasteiger charge is 2.08. The quantitative estimate of drug-likeness (QED) is 0.797. The Morgan fingerprint density at radius 2 is 2.06 bits per heavy atom. The number of hydrogen-bond acceptors (Lipinski definition) is 4. The first-order valence-electron chi connectivity index (χ1n) is 5.96. The van der Waals surface area contributed by atoms with E-state index >= 15 is 0 Å². The number of nitrogens with zero attached hydrogens (tertiary/aromatic N) is 3. The highest BCUT2D eigenvalue weighted by atomic mass is 15.2. The average Bonchev–Trinajstić information content (AvgIpc) is 2.29. The van der Waals surface area contributed by atoms with E-state index in [-0.39, 0.29) is 0 Å². The van der Waals surface area contributed by atoms with Gasteiger partial charge in [-0.1, -0.05) is 20.8 Å². The maximum absolute atomic E-state index is 5.61. The molecule has 4 heteroatoms. The minimum absolute atomic E-state index is 0.433. The second-order valence-corrected chi connectivity index (χ2v) is 4.23. The Labute approximate surface area is 97.9 Å². The first-order chi connectivity index (χ1) is 7.69. The molecule has 1 aromatic rings. The minimum atomic E-state index is 0.433. The summed E-state index contributed by atoms with van der Waals surface area (Å²) in [6.07, 6.45) is 2.74. The summed E-state index contributed by atoms with van der Waals surface area (Å²) in [5.41, 5.74) is 6.70. The van der Waals surface area contributed by atoms with E-state index in [9.17, 15) is 0 Å². The van der Waals surface area contributed by atoms with Gasteiger partial charge in [-0.25, -0.2) is 9.97 Å². The second-order valence-electron chi connectivity index (χ2n) is 4.23. The molecule has 0 atom stereocenters. The molecule has 0 spiro atoms. The van der Waals surface area contributed by atoms with Gasteiger partial charge in [-0.05, 0) is 12.3 Å². The molecule has 0 bridgehead atoms. The fraction of sp³-hybridized carbons (Fsp3) is 0.667. The zero-order valence-corrected chi connectivity index (χ0v) is 10.5. The van der Waals surface area contributed by atoms with Crippen molar-refractivity contribution in [2.45, 2.75) is 33.1 Å². The van der Waals surface area contributed by atoms with Crippen molar-refractivity contribution in [1.82, 2.24) is 9.97 Å².